The number of halogens is 1. The molecule has 0 aliphatic heterocycles. The second kappa shape index (κ2) is 2.37. The molecule has 1 aromatic heterocycles. The normalized spacial score (nSPS) is 10.4. The Balaban J connectivity index is 2.81. The van der Waals surface area contributed by atoms with Crippen molar-refractivity contribution in [3.63, 3.8) is 0 Å². The molecule has 0 saturated carbocycles. The average molecular weight is 165 g/mol. The van der Waals surface area contributed by atoms with Crippen molar-refractivity contribution >= 4 is 17.3 Å². The molecule has 60 valence electrons. The van der Waals surface area contributed by atoms with Gasteiger partial charge in [-0.05, 0) is 6.07 Å². The van der Waals surface area contributed by atoms with Gasteiger partial charge >= 0.3 is 0 Å². The van der Waals surface area contributed by atoms with Gasteiger partial charge in [0.25, 0.3) is 0 Å². The van der Waals surface area contributed by atoms with Gasteiger partial charge in [0.15, 0.2) is 6.29 Å². The maximum absolute atomic E-state index is 12.9. The van der Waals surface area contributed by atoms with E-state index in [-0.39, 0.29) is 5.56 Å². The maximum Gasteiger partial charge on any atom is 0.153 e. The summed E-state index contributed by atoms with van der Waals surface area (Å²) in [5.74, 6) is -0.577. The summed E-state index contributed by atoms with van der Waals surface area (Å²) in [7, 11) is 0. The second-order valence-electron chi connectivity index (χ2n) is 2.30. The van der Waals surface area contributed by atoms with Gasteiger partial charge in [-0.15, -0.1) is 0 Å². The zero-order valence-electron chi connectivity index (χ0n) is 5.91. The van der Waals surface area contributed by atoms with E-state index in [0.717, 1.165) is 0 Å². The molecule has 4 nitrogen and oxygen atoms in total. The number of H-pyrrole nitrogens is 1. The van der Waals surface area contributed by atoms with E-state index in [4.69, 9.17) is 0 Å². The number of hydrogen-bond acceptors (Lipinski definition) is 3. The van der Waals surface area contributed by atoms with Gasteiger partial charge in [0, 0.05) is 6.07 Å². The van der Waals surface area contributed by atoms with Crippen LogP contribution in [0.1, 0.15) is 10.4 Å². The van der Waals surface area contributed by atoms with E-state index < -0.39 is 5.82 Å². The van der Waals surface area contributed by atoms with Crippen molar-refractivity contribution in [2.24, 2.45) is 0 Å². The van der Waals surface area contributed by atoms with Crippen LogP contribution in [0.15, 0.2) is 12.1 Å². The summed E-state index contributed by atoms with van der Waals surface area (Å²) in [6.45, 7) is 0. The van der Waals surface area contributed by atoms with E-state index in [0.29, 0.717) is 17.3 Å². The lowest BCUT2D eigenvalue weighted by Gasteiger charge is -1.91. The Morgan fingerprint density at radius 2 is 2.00 bits per heavy atom. The Morgan fingerprint density at radius 1 is 1.33 bits per heavy atom. The summed E-state index contributed by atoms with van der Waals surface area (Å²) in [6, 6.07) is 2.52. The molecule has 2 aromatic rings. The molecule has 0 unspecified atom stereocenters. The number of fused-ring (bicyclic) bond motifs is 1. The van der Waals surface area contributed by atoms with Crippen molar-refractivity contribution in [2.45, 2.75) is 0 Å². The van der Waals surface area contributed by atoms with E-state index >= 15 is 0 Å². The molecular formula is C7H4FN3O. The highest BCUT2D eigenvalue weighted by atomic mass is 19.1. The van der Waals surface area contributed by atoms with Crippen molar-refractivity contribution in [1.29, 1.82) is 0 Å². The number of carbonyl (C=O) groups is 1. The third-order valence-electron chi connectivity index (χ3n) is 1.56. The number of nitrogens with zero attached hydrogens (tertiary/aromatic N) is 2. The number of nitrogens with one attached hydrogen (secondary N) is 1. The quantitative estimate of drug-likeness (QED) is 0.639. The van der Waals surface area contributed by atoms with Crippen LogP contribution in [0, 0.1) is 5.82 Å². The maximum atomic E-state index is 12.9. The van der Waals surface area contributed by atoms with Crippen LogP contribution in [0.2, 0.25) is 0 Å². The van der Waals surface area contributed by atoms with Crippen LogP contribution in [-0.2, 0) is 0 Å². The minimum atomic E-state index is -0.577. The summed E-state index contributed by atoms with van der Waals surface area (Å²) < 4.78 is 12.9. The highest BCUT2D eigenvalue weighted by Gasteiger charge is 2.05. The van der Waals surface area contributed by atoms with Crippen molar-refractivity contribution in [2.75, 3.05) is 0 Å². The molecule has 0 spiro atoms. The largest absolute Gasteiger partial charge is 0.298 e. The fourth-order valence-electron chi connectivity index (χ4n) is 0.970. The second-order valence-corrected chi connectivity index (χ2v) is 2.30. The Bertz CT molecular complexity index is 437. The molecule has 0 saturated heterocycles. The van der Waals surface area contributed by atoms with E-state index in [1.807, 2.05) is 0 Å². The van der Waals surface area contributed by atoms with Gasteiger partial charge in [0.05, 0.1) is 5.56 Å². The van der Waals surface area contributed by atoms with Gasteiger partial charge < -0.3 is 0 Å². The first kappa shape index (κ1) is 6.90. The fraction of sp³-hybridized carbons (Fsp3) is 0. The fourth-order valence-corrected chi connectivity index (χ4v) is 0.970. The molecule has 0 aliphatic rings. The van der Waals surface area contributed by atoms with Crippen LogP contribution in [0.3, 0.4) is 0 Å². The van der Waals surface area contributed by atoms with Gasteiger partial charge in [-0.1, -0.05) is 0 Å². The van der Waals surface area contributed by atoms with Crippen LogP contribution < -0.4 is 0 Å². The zero-order chi connectivity index (χ0) is 8.55. The number of aldehydes is 1. The Kier molecular flexibility index (Phi) is 1.36. The molecule has 5 heteroatoms. The average Bonchev–Trinajstić information content (AvgIpc) is 2.49. The lowest BCUT2D eigenvalue weighted by atomic mass is 10.2. The first-order chi connectivity index (χ1) is 5.81. The molecule has 0 amide bonds. The molecule has 0 atom stereocenters. The van der Waals surface area contributed by atoms with Crippen LogP contribution in [-0.4, -0.2) is 21.7 Å². The number of carbonyl (C=O) groups excluding carboxylic acids is 1. The van der Waals surface area contributed by atoms with Crippen molar-refractivity contribution in [1.82, 2.24) is 15.4 Å². The number of aromatic amines is 1. The lowest BCUT2D eigenvalue weighted by molar-refractivity contribution is 0.112. The monoisotopic (exact) mass is 165 g/mol. The van der Waals surface area contributed by atoms with Gasteiger partial charge in [-0.3, -0.25) is 4.79 Å². The third kappa shape index (κ3) is 0.868. The van der Waals surface area contributed by atoms with E-state index in [9.17, 15) is 9.18 Å². The molecule has 12 heavy (non-hydrogen) atoms. The molecule has 1 aromatic carbocycles. The highest BCUT2D eigenvalue weighted by Crippen LogP contribution is 2.13. The SMILES string of the molecule is O=Cc1cc2n[nH]nc2cc1F. The predicted octanol–water partition coefficient (Wildman–Crippen LogP) is 0.909. The van der Waals surface area contributed by atoms with Crippen LogP contribution in [0.5, 0.6) is 0 Å². The molecule has 0 radical (unpaired) electrons. The third-order valence-corrected chi connectivity index (χ3v) is 1.56. The van der Waals surface area contributed by atoms with Crippen LogP contribution in [0.25, 0.3) is 11.0 Å². The Hall–Kier alpha value is -1.78. The van der Waals surface area contributed by atoms with Gasteiger partial charge in [-0.2, -0.15) is 15.4 Å². The van der Waals surface area contributed by atoms with E-state index in [1.165, 1.54) is 12.1 Å². The molecule has 0 bridgehead atoms. The Morgan fingerprint density at radius 3 is 2.67 bits per heavy atom. The van der Waals surface area contributed by atoms with Gasteiger partial charge in [0.2, 0.25) is 0 Å². The Labute approximate surface area is 66.4 Å². The molecule has 2 rings (SSSR count). The molecule has 1 heterocycles. The van der Waals surface area contributed by atoms with E-state index in [2.05, 4.69) is 15.4 Å². The van der Waals surface area contributed by atoms with E-state index in [1.54, 1.807) is 0 Å². The summed E-state index contributed by atoms with van der Waals surface area (Å²) in [4.78, 5) is 10.3. The first-order valence-corrected chi connectivity index (χ1v) is 3.26. The number of hydrogen-bond donors (Lipinski definition) is 1. The van der Waals surface area contributed by atoms with Crippen molar-refractivity contribution in [3.05, 3.63) is 23.5 Å². The lowest BCUT2D eigenvalue weighted by Crippen LogP contribution is -1.86. The van der Waals surface area contributed by atoms with Crippen molar-refractivity contribution in [3.8, 4) is 0 Å². The standard InChI is InChI=1S/C7H4FN3O/c8-5-2-7-6(9-11-10-7)1-4(5)3-12/h1-3H,(H,9,10,11). The van der Waals surface area contributed by atoms with Gasteiger partial charge in [-0.25, -0.2) is 4.39 Å². The first-order valence-electron chi connectivity index (χ1n) is 3.26. The summed E-state index contributed by atoms with van der Waals surface area (Å²) in [5, 5.41) is 9.70. The molecule has 1 N–H and O–H groups in total. The topological polar surface area (TPSA) is 58.6 Å². The number of benzene rings is 1. The summed E-state index contributed by atoms with van der Waals surface area (Å²) in [6.07, 6.45) is 0.448. The molecular weight excluding hydrogens is 161 g/mol. The van der Waals surface area contributed by atoms with Crippen molar-refractivity contribution < 1.29 is 9.18 Å². The predicted molar refractivity (Wildman–Crippen MR) is 39.2 cm³/mol. The summed E-state index contributed by atoms with van der Waals surface area (Å²) >= 11 is 0. The summed E-state index contributed by atoms with van der Waals surface area (Å²) in [5.41, 5.74) is 0.896. The molecule has 0 fully saturated rings. The van der Waals surface area contributed by atoms with Crippen LogP contribution in [0.4, 0.5) is 4.39 Å². The molecule has 0 aliphatic carbocycles. The van der Waals surface area contributed by atoms with Gasteiger partial charge in [0.1, 0.15) is 16.9 Å². The minimum absolute atomic E-state index is 0.00333. The van der Waals surface area contributed by atoms with Crippen LogP contribution >= 0.6 is 0 Å². The minimum Gasteiger partial charge on any atom is -0.298 e. The number of rotatable bonds is 1. The number of aromatic nitrogens is 3. The smallest absolute Gasteiger partial charge is 0.153 e. The zero-order valence-corrected chi connectivity index (χ0v) is 5.91. The highest BCUT2D eigenvalue weighted by molar-refractivity contribution is 5.84.